The summed E-state index contributed by atoms with van der Waals surface area (Å²) >= 11 is 0. The summed E-state index contributed by atoms with van der Waals surface area (Å²) in [7, 11) is 4.14. The number of nitrogens with zero attached hydrogens (tertiary/aromatic N) is 3. The van der Waals surface area contributed by atoms with Crippen LogP contribution in [0, 0.1) is 13.8 Å². The van der Waals surface area contributed by atoms with Gasteiger partial charge in [0.1, 0.15) is 5.76 Å². The highest BCUT2D eigenvalue weighted by Gasteiger charge is 2.18. The number of likely N-dealkylation sites (N-methyl/N-ethyl adjacent to an activating group) is 1. The third-order valence-electron chi connectivity index (χ3n) is 4.58. The minimum atomic E-state index is 0.208. The van der Waals surface area contributed by atoms with E-state index in [4.69, 9.17) is 9.52 Å². The van der Waals surface area contributed by atoms with Crippen LogP contribution in [0.2, 0.25) is 0 Å². The zero-order chi connectivity index (χ0) is 17.8. The molecule has 2 heterocycles. The van der Waals surface area contributed by atoms with Crippen LogP contribution in [-0.4, -0.2) is 35.3 Å². The quantitative estimate of drug-likeness (QED) is 0.716. The fourth-order valence-corrected chi connectivity index (χ4v) is 3.10. The second-order valence-corrected chi connectivity index (χ2v) is 6.52. The van der Waals surface area contributed by atoms with Gasteiger partial charge < -0.3 is 9.73 Å². The van der Waals surface area contributed by atoms with Crippen molar-refractivity contribution >= 4 is 0 Å². The Labute approximate surface area is 149 Å². The number of hydrogen-bond acceptors (Lipinski definition) is 4. The minimum Gasteiger partial charge on any atom is -0.468 e. The van der Waals surface area contributed by atoms with Crippen LogP contribution in [0.4, 0.5) is 0 Å². The molecule has 0 bridgehead atoms. The van der Waals surface area contributed by atoms with E-state index >= 15 is 0 Å². The molecule has 25 heavy (non-hydrogen) atoms. The molecule has 5 nitrogen and oxygen atoms in total. The van der Waals surface area contributed by atoms with Crippen LogP contribution in [0.25, 0.3) is 5.69 Å². The van der Waals surface area contributed by atoms with Gasteiger partial charge in [0, 0.05) is 24.3 Å². The van der Waals surface area contributed by atoms with E-state index < -0.39 is 0 Å². The van der Waals surface area contributed by atoms with Crippen LogP contribution in [0.1, 0.15) is 28.8 Å². The molecule has 0 aliphatic carbocycles. The Kier molecular flexibility index (Phi) is 5.36. The molecule has 1 aromatic carbocycles. The van der Waals surface area contributed by atoms with Crippen molar-refractivity contribution in [3.05, 3.63) is 71.4 Å². The molecular weight excluding hydrogens is 312 g/mol. The van der Waals surface area contributed by atoms with Crippen molar-refractivity contribution in [1.29, 1.82) is 0 Å². The van der Waals surface area contributed by atoms with Gasteiger partial charge in [-0.3, -0.25) is 4.90 Å². The average Bonchev–Trinajstić information content (AvgIpc) is 3.22. The molecule has 0 saturated carbocycles. The standard InChI is InChI=1S/C20H26N4O/c1-15-18(16(2)24(22-15)17-9-6-5-7-10-17)13-21-14-19(23(3)4)20-11-8-12-25-20/h5-12,19,21H,13-14H2,1-4H3/t19-/m0/s1. The molecule has 1 atom stereocenters. The zero-order valence-corrected chi connectivity index (χ0v) is 15.4. The monoisotopic (exact) mass is 338 g/mol. The maximum Gasteiger partial charge on any atom is 0.122 e. The molecule has 3 aromatic rings. The highest BCUT2D eigenvalue weighted by molar-refractivity contribution is 5.36. The molecule has 0 unspecified atom stereocenters. The van der Waals surface area contributed by atoms with Crippen molar-refractivity contribution < 1.29 is 4.42 Å². The average molecular weight is 338 g/mol. The summed E-state index contributed by atoms with van der Waals surface area (Å²) in [5.41, 5.74) is 4.58. The number of para-hydroxylation sites is 1. The Morgan fingerprint density at radius 2 is 1.88 bits per heavy atom. The molecule has 132 valence electrons. The summed E-state index contributed by atoms with van der Waals surface area (Å²) in [5.74, 6) is 0.978. The number of rotatable bonds is 7. The number of nitrogens with one attached hydrogen (secondary N) is 1. The predicted octanol–water partition coefficient (Wildman–Crippen LogP) is 3.47. The second-order valence-electron chi connectivity index (χ2n) is 6.52. The lowest BCUT2D eigenvalue weighted by Gasteiger charge is -2.22. The van der Waals surface area contributed by atoms with E-state index in [1.807, 2.05) is 35.0 Å². The fraction of sp³-hybridized carbons (Fsp3) is 0.350. The Morgan fingerprint density at radius 3 is 2.52 bits per heavy atom. The Balaban J connectivity index is 1.70. The lowest BCUT2D eigenvalue weighted by atomic mass is 10.1. The van der Waals surface area contributed by atoms with Crippen molar-refractivity contribution in [2.45, 2.75) is 26.4 Å². The Bertz CT molecular complexity index is 791. The molecule has 5 heteroatoms. The van der Waals surface area contributed by atoms with Crippen LogP contribution in [0.5, 0.6) is 0 Å². The molecule has 1 N–H and O–H groups in total. The molecule has 0 fully saturated rings. The maximum absolute atomic E-state index is 5.57. The van der Waals surface area contributed by atoms with Gasteiger partial charge in [0.15, 0.2) is 0 Å². The lowest BCUT2D eigenvalue weighted by molar-refractivity contribution is 0.250. The minimum absolute atomic E-state index is 0.208. The van der Waals surface area contributed by atoms with Crippen LogP contribution in [0.15, 0.2) is 53.1 Å². The zero-order valence-electron chi connectivity index (χ0n) is 15.4. The van der Waals surface area contributed by atoms with E-state index in [1.54, 1.807) is 6.26 Å². The van der Waals surface area contributed by atoms with Gasteiger partial charge in [0.05, 0.1) is 23.7 Å². The van der Waals surface area contributed by atoms with Gasteiger partial charge in [-0.05, 0) is 52.2 Å². The van der Waals surface area contributed by atoms with Gasteiger partial charge in [-0.2, -0.15) is 5.10 Å². The molecule has 0 aliphatic heterocycles. The van der Waals surface area contributed by atoms with E-state index in [1.165, 1.54) is 11.3 Å². The summed E-state index contributed by atoms with van der Waals surface area (Å²) in [4.78, 5) is 2.17. The molecule has 0 radical (unpaired) electrons. The van der Waals surface area contributed by atoms with E-state index in [9.17, 15) is 0 Å². The molecule has 0 aliphatic rings. The SMILES string of the molecule is Cc1nn(-c2ccccc2)c(C)c1CNC[C@@H](c1ccco1)N(C)C. The van der Waals surface area contributed by atoms with Crippen LogP contribution < -0.4 is 5.32 Å². The number of aryl methyl sites for hydroxylation is 1. The van der Waals surface area contributed by atoms with Crippen molar-refractivity contribution in [2.24, 2.45) is 0 Å². The smallest absolute Gasteiger partial charge is 0.122 e. The fourth-order valence-electron chi connectivity index (χ4n) is 3.10. The third-order valence-corrected chi connectivity index (χ3v) is 4.58. The van der Waals surface area contributed by atoms with Gasteiger partial charge in [-0.25, -0.2) is 4.68 Å². The summed E-state index contributed by atoms with van der Waals surface area (Å²) in [6, 6.07) is 14.4. The maximum atomic E-state index is 5.57. The normalized spacial score (nSPS) is 12.7. The van der Waals surface area contributed by atoms with Crippen molar-refractivity contribution in [1.82, 2.24) is 20.0 Å². The largest absolute Gasteiger partial charge is 0.468 e. The number of benzene rings is 1. The second kappa shape index (κ2) is 7.68. The molecule has 0 spiro atoms. The highest BCUT2D eigenvalue weighted by Crippen LogP contribution is 2.20. The summed E-state index contributed by atoms with van der Waals surface area (Å²) in [5, 5.41) is 8.27. The first-order chi connectivity index (χ1) is 12.1. The summed E-state index contributed by atoms with van der Waals surface area (Å²) in [6.07, 6.45) is 1.73. The predicted molar refractivity (Wildman–Crippen MR) is 99.9 cm³/mol. The Hall–Kier alpha value is -2.37. The van der Waals surface area contributed by atoms with E-state index in [-0.39, 0.29) is 6.04 Å². The molecule has 2 aromatic heterocycles. The number of aromatic nitrogens is 2. The summed E-state index contributed by atoms with van der Waals surface area (Å²) in [6.45, 7) is 5.80. The topological polar surface area (TPSA) is 46.2 Å². The van der Waals surface area contributed by atoms with Crippen LogP contribution >= 0.6 is 0 Å². The van der Waals surface area contributed by atoms with Gasteiger partial charge in [-0.15, -0.1) is 0 Å². The van der Waals surface area contributed by atoms with Gasteiger partial charge in [0.2, 0.25) is 0 Å². The van der Waals surface area contributed by atoms with E-state index in [2.05, 4.69) is 50.3 Å². The van der Waals surface area contributed by atoms with Crippen molar-refractivity contribution in [3.8, 4) is 5.69 Å². The first-order valence-corrected chi connectivity index (χ1v) is 8.59. The van der Waals surface area contributed by atoms with E-state index in [0.29, 0.717) is 0 Å². The van der Waals surface area contributed by atoms with Crippen molar-refractivity contribution in [2.75, 3.05) is 20.6 Å². The van der Waals surface area contributed by atoms with Gasteiger partial charge in [0.25, 0.3) is 0 Å². The van der Waals surface area contributed by atoms with Gasteiger partial charge >= 0.3 is 0 Å². The summed E-state index contributed by atoms with van der Waals surface area (Å²) < 4.78 is 7.59. The number of hydrogen-bond donors (Lipinski definition) is 1. The molecule has 3 rings (SSSR count). The van der Waals surface area contributed by atoms with E-state index in [0.717, 1.165) is 30.2 Å². The first kappa shape index (κ1) is 17.5. The van der Waals surface area contributed by atoms with Crippen molar-refractivity contribution in [3.63, 3.8) is 0 Å². The third kappa shape index (κ3) is 3.83. The van der Waals surface area contributed by atoms with Crippen LogP contribution in [0.3, 0.4) is 0 Å². The number of furan rings is 1. The van der Waals surface area contributed by atoms with Crippen LogP contribution in [-0.2, 0) is 6.54 Å². The lowest BCUT2D eigenvalue weighted by Crippen LogP contribution is -2.30. The molecular formula is C20H26N4O. The molecule has 0 saturated heterocycles. The molecule has 0 amide bonds. The highest BCUT2D eigenvalue weighted by atomic mass is 16.3. The van der Waals surface area contributed by atoms with Gasteiger partial charge in [-0.1, -0.05) is 18.2 Å². The Morgan fingerprint density at radius 1 is 1.12 bits per heavy atom. The first-order valence-electron chi connectivity index (χ1n) is 8.59.